The summed E-state index contributed by atoms with van der Waals surface area (Å²) in [7, 11) is 4.32. The first-order chi connectivity index (χ1) is 13.6. The Balaban J connectivity index is 2.26. The average Bonchev–Trinajstić information content (AvgIpc) is 2.71. The van der Waals surface area contributed by atoms with Gasteiger partial charge < -0.3 is 14.5 Å². The Morgan fingerprint density at radius 3 is 2.52 bits per heavy atom. The summed E-state index contributed by atoms with van der Waals surface area (Å²) in [5.74, 6) is -0.833. The van der Waals surface area contributed by atoms with Crippen LogP contribution in [0.5, 0.6) is 0 Å². The molecule has 1 aliphatic heterocycles. The van der Waals surface area contributed by atoms with Crippen LogP contribution in [0, 0.1) is 10.1 Å². The van der Waals surface area contributed by atoms with Crippen molar-refractivity contribution < 1.29 is 24.0 Å². The number of nitrogens with zero attached hydrogens (tertiary/aromatic N) is 4. The number of nitro groups is 1. The van der Waals surface area contributed by atoms with Gasteiger partial charge in [-0.3, -0.25) is 24.6 Å². The largest absolute Gasteiger partial charge is 0.453 e. The normalized spacial score (nSPS) is 16.2. The Bertz CT molecular complexity index is 872. The van der Waals surface area contributed by atoms with E-state index in [4.69, 9.17) is 4.74 Å². The maximum atomic E-state index is 12.9. The summed E-state index contributed by atoms with van der Waals surface area (Å²) < 4.78 is 4.73. The van der Waals surface area contributed by atoms with Crippen molar-refractivity contribution >= 4 is 41.8 Å². The van der Waals surface area contributed by atoms with E-state index in [-0.39, 0.29) is 47.3 Å². The molecular formula is C18H22N4O6S. The summed E-state index contributed by atoms with van der Waals surface area (Å²) in [5.41, 5.74) is 0.0883. The van der Waals surface area contributed by atoms with Crippen molar-refractivity contribution in [3.8, 4) is 0 Å². The van der Waals surface area contributed by atoms with Crippen LogP contribution in [-0.2, 0) is 14.3 Å². The second-order valence-corrected chi connectivity index (χ2v) is 7.08. The van der Waals surface area contributed by atoms with Crippen molar-refractivity contribution in [3.63, 3.8) is 0 Å². The smallest absolute Gasteiger partial charge is 0.410 e. The van der Waals surface area contributed by atoms with E-state index in [0.29, 0.717) is 0 Å². The molecule has 10 nitrogen and oxygen atoms in total. The van der Waals surface area contributed by atoms with E-state index in [9.17, 15) is 24.5 Å². The number of carbonyl (C=O) groups excluding carboxylic acids is 3. The Hall–Kier alpha value is -3.08. The molecule has 1 unspecified atom stereocenters. The first-order valence-electron chi connectivity index (χ1n) is 8.60. The molecule has 1 aliphatic rings. The van der Waals surface area contributed by atoms with Gasteiger partial charge in [-0.25, -0.2) is 4.79 Å². The fourth-order valence-electron chi connectivity index (χ4n) is 2.98. The lowest BCUT2D eigenvalue weighted by atomic mass is 10.0. The van der Waals surface area contributed by atoms with Gasteiger partial charge in [-0.15, -0.1) is 12.6 Å². The zero-order valence-corrected chi connectivity index (χ0v) is 17.2. The average molecular weight is 422 g/mol. The molecule has 29 heavy (non-hydrogen) atoms. The predicted molar refractivity (Wildman–Crippen MR) is 108 cm³/mol. The Morgan fingerprint density at radius 2 is 1.97 bits per heavy atom. The molecule has 0 aliphatic carbocycles. The molecular weight excluding hydrogens is 400 g/mol. The Morgan fingerprint density at radius 1 is 1.31 bits per heavy atom. The van der Waals surface area contributed by atoms with Crippen LogP contribution in [0.15, 0.2) is 29.7 Å². The molecule has 0 N–H and O–H groups in total. The molecule has 1 fully saturated rings. The standard InChI is InChI=1S/C18H22N4O6S/c1-11(12-5-6-15(29)13(9-12)22(26)27)16(23)20-7-8-21(18(25)28-4)14(10-20)17(24)19(2)3/h5-6,9,14,29H,1,7-8,10H2,2-4H3. The van der Waals surface area contributed by atoms with Gasteiger partial charge in [0.2, 0.25) is 5.91 Å². The number of thiol groups is 1. The molecule has 0 saturated carbocycles. The molecule has 1 aromatic carbocycles. The van der Waals surface area contributed by atoms with Crippen molar-refractivity contribution in [2.75, 3.05) is 40.8 Å². The Kier molecular flexibility index (Phi) is 6.85. The number of piperazine rings is 1. The van der Waals surface area contributed by atoms with Crippen molar-refractivity contribution in [3.05, 3.63) is 40.5 Å². The molecule has 1 aromatic rings. The first-order valence-corrected chi connectivity index (χ1v) is 9.04. The summed E-state index contributed by atoms with van der Waals surface area (Å²) in [6.45, 7) is 3.99. The number of benzene rings is 1. The second-order valence-electron chi connectivity index (χ2n) is 6.60. The van der Waals surface area contributed by atoms with E-state index in [1.54, 1.807) is 14.1 Å². The van der Waals surface area contributed by atoms with Gasteiger partial charge in [0.1, 0.15) is 6.04 Å². The third-order valence-corrected chi connectivity index (χ3v) is 4.96. The summed E-state index contributed by atoms with van der Waals surface area (Å²) >= 11 is 4.04. The number of ether oxygens (including phenoxy) is 1. The van der Waals surface area contributed by atoms with Gasteiger partial charge in [0.05, 0.1) is 23.5 Å². The van der Waals surface area contributed by atoms with Gasteiger partial charge >= 0.3 is 6.09 Å². The topological polar surface area (TPSA) is 113 Å². The van der Waals surface area contributed by atoms with Crippen LogP contribution < -0.4 is 0 Å². The molecule has 1 heterocycles. The monoisotopic (exact) mass is 422 g/mol. The maximum absolute atomic E-state index is 12.9. The van der Waals surface area contributed by atoms with E-state index in [0.717, 1.165) is 0 Å². The molecule has 3 amide bonds. The number of nitro benzene ring substituents is 1. The second kappa shape index (κ2) is 8.95. The molecule has 156 valence electrons. The van der Waals surface area contributed by atoms with Crippen LogP contribution >= 0.6 is 12.6 Å². The number of likely N-dealkylation sites (N-methyl/N-ethyl adjacent to an activating group) is 1. The van der Waals surface area contributed by atoms with E-state index in [1.165, 1.54) is 40.0 Å². The lowest BCUT2D eigenvalue weighted by Crippen LogP contribution is -2.61. The third-order valence-electron chi connectivity index (χ3n) is 4.58. The summed E-state index contributed by atoms with van der Waals surface area (Å²) in [6.07, 6.45) is -0.656. The highest BCUT2D eigenvalue weighted by Gasteiger charge is 2.38. The Labute approximate surface area is 173 Å². The number of amides is 3. The van der Waals surface area contributed by atoms with Crippen LogP contribution in [0.25, 0.3) is 5.57 Å². The van der Waals surface area contributed by atoms with Crippen LogP contribution in [0.4, 0.5) is 10.5 Å². The highest BCUT2D eigenvalue weighted by molar-refractivity contribution is 7.80. The molecule has 0 spiro atoms. The number of hydrogen-bond acceptors (Lipinski definition) is 7. The van der Waals surface area contributed by atoms with E-state index in [2.05, 4.69) is 19.2 Å². The number of methoxy groups -OCH3 is 1. The number of rotatable bonds is 4. The fourth-order valence-corrected chi connectivity index (χ4v) is 3.21. The summed E-state index contributed by atoms with van der Waals surface area (Å²) in [5, 5.41) is 11.1. The van der Waals surface area contributed by atoms with Crippen LogP contribution in [-0.4, -0.2) is 84.4 Å². The van der Waals surface area contributed by atoms with E-state index in [1.807, 2.05) is 0 Å². The van der Waals surface area contributed by atoms with Gasteiger partial charge in [0, 0.05) is 38.8 Å². The van der Waals surface area contributed by atoms with E-state index < -0.39 is 23.0 Å². The van der Waals surface area contributed by atoms with Crippen molar-refractivity contribution in [1.82, 2.24) is 14.7 Å². The lowest BCUT2D eigenvalue weighted by molar-refractivity contribution is -0.387. The highest BCUT2D eigenvalue weighted by atomic mass is 32.1. The van der Waals surface area contributed by atoms with Crippen LogP contribution in [0.2, 0.25) is 0 Å². The van der Waals surface area contributed by atoms with Crippen molar-refractivity contribution in [2.24, 2.45) is 0 Å². The molecule has 0 bridgehead atoms. The molecule has 11 heteroatoms. The first kappa shape index (κ1) is 22.2. The van der Waals surface area contributed by atoms with Crippen LogP contribution in [0.3, 0.4) is 0 Å². The molecule has 0 radical (unpaired) electrons. The minimum Gasteiger partial charge on any atom is -0.453 e. The van der Waals surface area contributed by atoms with E-state index >= 15 is 0 Å². The minimum atomic E-state index is -0.905. The fraction of sp³-hybridized carbons (Fsp3) is 0.389. The quantitative estimate of drug-likeness (QED) is 0.338. The predicted octanol–water partition coefficient (Wildman–Crippen LogP) is 1.26. The number of hydrogen-bond donors (Lipinski definition) is 1. The van der Waals surface area contributed by atoms with Gasteiger partial charge in [-0.1, -0.05) is 12.6 Å². The molecule has 1 atom stereocenters. The van der Waals surface area contributed by atoms with Gasteiger partial charge in [0.15, 0.2) is 0 Å². The molecule has 0 aromatic heterocycles. The van der Waals surface area contributed by atoms with Gasteiger partial charge in [-0.2, -0.15) is 0 Å². The summed E-state index contributed by atoms with van der Waals surface area (Å²) in [6, 6.07) is 3.26. The van der Waals surface area contributed by atoms with Crippen molar-refractivity contribution in [2.45, 2.75) is 10.9 Å². The highest BCUT2D eigenvalue weighted by Crippen LogP contribution is 2.28. The van der Waals surface area contributed by atoms with Crippen LogP contribution in [0.1, 0.15) is 5.56 Å². The summed E-state index contributed by atoms with van der Waals surface area (Å²) in [4.78, 5) is 52.2. The van der Waals surface area contributed by atoms with Crippen molar-refractivity contribution in [1.29, 1.82) is 0 Å². The number of carbonyl (C=O) groups is 3. The zero-order chi connectivity index (χ0) is 21.9. The third kappa shape index (κ3) is 4.67. The maximum Gasteiger partial charge on any atom is 0.410 e. The van der Waals surface area contributed by atoms with Gasteiger partial charge in [0.25, 0.3) is 11.6 Å². The van der Waals surface area contributed by atoms with Gasteiger partial charge in [-0.05, 0) is 11.6 Å². The zero-order valence-electron chi connectivity index (χ0n) is 16.3. The molecule has 2 rings (SSSR count). The SMILES string of the molecule is C=C(C(=O)N1CCN(C(=O)OC)C(C(=O)N(C)C)C1)c1ccc(S)c([N+](=O)[O-])c1. The minimum absolute atomic E-state index is 0.0449. The molecule has 1 saturated heterocycles. The lowest BCUT2D eigenvalue weighted by Gasteiger charge is -2.40.